The van der Waals surface area contributed by atoms with Crippen LogP contribution in [0.25, 0.3) is 0 Å². The van der Waals surface area contributed by atoms with Crippen molar-refractivity contribution >= 4 is 8.46 Å². The fourth-order valence-electron chi connectivity index (χ4n) is 1.13. The average Bonchev–Trinajstić information content (AvgIpc) is 2.15. The molecule has 1 saturated heterocycles. The number of rotatable bonds is 2. The van der Waals surface area contributed by atoms with E-state index in [0.717, 1.165) is 0 Å². The Morgan fingerprint density at radius 3 is 2.62 bits per heavy atom. The summed E-state index contributed by atoms with van der Waals surface area (Å²) in [4.78, 5) is 0. The lowest BCUT2D eigenvalue weighted by atomic mass is 10.00. The number of aliphatic hydroxyl groups excluding tert-OH is 3. The molecule has 76 valence electrons. The summed E-state index contributed by atoms with van der Waals surface area (Å²) in [6.45, 7) is -0.856. The first-order chi connectivity index (χ1) is 6.05. The summed E-state index contributed by atoms with van der Waals surface area (Å²) in [6, 6.07) is 0. The largest absolute Gasteiger partial charge is 0.394 e. The molecule has 0 bridgehead atoms. The molecule has 1 fully saturated rings. The highest BCUT2D eigenvalue weighted by atomic mass is 31.1. The summed E-state index contributed by atoms with van der Waals surface area (Å²) in [6.07, 6.45) is -3.97. The van der Waals surface area contributed by atoms with Crippen molar-refractivity contribution < 1.29 is 29.7 Å². The van der Waals surface area contributed by atoms with Crippen molar-refractivity contribution in [2.24, 2.45) is 0 Å². The fourth-order valence-corrected chi connectivity index (χ4v) is 1.52. The van der Waals surface area contributed by atoms with Crippen molar-refractivity contribution in [3.05, 3.63) is 0 Å². The fraction of sp³-hybridized carbons (Fsp3) is 1.00. The summed E-state index contributed by atoms with van der Waals surface area (Å²) in [5.74, 6) is 0. The third kappa shape index (κ3) is 1.88. The molecule has 0 unspecified atom stereocenters. The number of ether oxygens (including phenoxy) is 1. The van der Waals surface area contributed by atoms with Crippen LogP contribution >= 0.6 is 8.46 Å². The lowest BCUT2D eigenvalue weighted by molar-refractivity contribution is -0.209. The number of aliphatic hydroxyl groups is 4. The highest BCUT2D eigenvalue weighted by Gasteiger charge is 2.49. The van der Waals surface area contributed by atoms with E-state index in [2.05, 4.69) is 0 Å². The summed E-state index contributed by atoms with van der Waals surface area (Å²) in [5, 5.41) is 34.6. The van der Waals surface area contributed by atoms with Gasteiger partial charge in [0.15, 0.2) is 13.8 Å². The van der Waals surface area contributed by atoms with E-state index in [1.807, 2.05) is 0 Å². The van der Waals surface area contributed by atoms with E-state index in [1.165, 1.54) is 0 Å². The van der Waals surface area contributed by atoms with Crippen LogP contribution in [-0.2, 0) is 9.30 Å². The molecule has 0 aromatic rings. The summed E-state index contributed by atoms with van der Waals surface area (Å²) in [5.41, 5.74) is 0. The van der Waals surface area contributed by atoms with Gasteiger partial charge in [0.2, 0.25) is 0 Å². The molecule has 0 saturated carbocycles. The van der Waals surface area contributed by atoms with Crippen molar-refractivity contribution in [2.75, 3.05) is 13.2 Å². The first kappa shape index (κ1) is 11.0. The molecule has 0 amide bonds. The first-order valence-electron chi connectivity index (χ1n) is 3.70. The molecule has 1 aliphatic heterocycles. The van der Waals surface area contributed by atoms with E-state index in [4.69, 9.17) is 9.84 Å². The molecule has 1 heterocycles. The SMILES string of the molecule is O=P[C@]1(O)CO[C@H](CO)[C@H](O)[C@@H]1O. The quantitative estimate of drug-likeness (QED) is 0.396. The smallest absolute Gasteiger partial charge is 0.196 e. The zero-order valence-electron chi connectivity index (χ0n) is 6.70. The van der Waals surface area contributed by atoms with Crippen LogP contribution in [0.2, 0.25) is 0 Å². The molecular formula is C6H11O6P. The van der Waals surface area contributed by atoms with Crippen LogP contribution < -0.4 is 0 Å². The van der Waals surface area contributed by atoms with Gasteiger partial charge in [0, 0.05) is 0 Å². The first-order valence-corrected chi connectivity index (χ1v) is 4.52. The lowest BCUT2D eigenvalue weighted by Gasteiger charge is -2.38. The highest BCUT2D eigenvalue weighted by molar-refractivity contribution is 7.25. The molecule has 13 heavy (non-hydrogen) atoms. The van der Waals surface area contributed by atoms with Crippen LogP contribution in [0, 0.1) is 0 Å². The van der Waals surface area contributed by atoms with Gasteiger partial charge in [-0.2, -0.15) is 0 Å². The van der Waals surface area contributed by atoms with E-state index in [9.17, 15) is 19.9 Å². The molecule has 0 aliphatic carbocycles. The maximum Gasteiger partial charge on any atom is 0.196 e. The van der Waals surface area contributed by atoms with Crippen LogP contribution in [0.3, 0.4) is 0 Å². The van der Waals surface area contributed by atoms with Crippen LogP contribution in [0.15, 0.2) is 0 Å². The Morgan fingerprint density at radius 2 is 2.15 bits per heavy atom. The van der Waals surface area contributed by atoms with Crippen molar-refractivity contribution in [3.8, 4) is 0 Å². The van der Waals surface area contributed by atoms with E-state index in [-0.39, 0.29) is 6.61 Å². The van der Waals surface area contributed by atoms with Gasteiger partial charge in [-0.15, -0.1) is 0 Å². The van der Waals surface area contributed by atoms with E-state index >= 15 is 0 Å². The van der Waals surface area contributed by atoms with Gasteiger partial charge in [0.25, 0.3) is 0 Å². The van der Waals surface area contributed by atoms with Crippen LogP contribution in [0.4, 0.5) is 0 Å². The van der Waals surface area contributed by atoms with Crippen LogP contribution in [0.5, 0.6) is 0 Å². The molecule has 0 aromatic carbocycles. The molecule has 1 rings (SSSR count). The summed E-state index contributed by atoms with van der Waals surface area (Å²) >= 11 is 0. The summed E-state index contributed by atoms with van der Waals surface area (Å²) in [7, 11) is -0.716. The second kappa shape index (κ2) is 3.96. The van der Waals surface area contributed by atoms with E-state index < -0.39 is 38.7 Å². The maximum absolute atomic E-state index is 10.5. The molecule has 0 radical (unpaired) electrons. The van der Waals surface area contributed by atoms with Gasteiger partial charge < -0.3 is 25.2 Å². The number of hydrogen-bond donors (Lipinski definition) is 4. The predicted octanol–water partition coefficient (Wildman–Crippen LogP) is -1.92. The van der Waals surface area contributed by atoms with Gasteiger partial charge in [-0.25, -0.2) is 0 Å². The Balaban J connectivity index is 2.75. The van der Waals surface area contributed by atoms with Crippen molar-refractivity contribution in [3.63, 3.8) is 0 Å². The van der Waals surface area contributed by atoms with Gasteiger partial charge in [-0.3, -0.25) is 4.57 Å². The van der Waals surface area contributed by atoms with Gasteiger partial charge in [-0.05, 0) is 0 Å². The molecule has 4 N–H and O–H groups in total. The minimum Gasteiger partial charge on any atom is -0.394 e. The van der Waals surface area contributed by atoms with Gasteiger partial charge in [-0.1, -0.05) is 0 Å². The Hall–Kier alpha value is -0.100. The molecular weight excluding hydrogens is 199 g/mol. The third-order valence-corrected chi connectivity index (χ3v) is 2.74. The highest BCUT2D eigenvalue weighted by Crippen LogP contribution is 2.32. The van der Waals surface area contributed by atoms with Crippen molar-refractivity contribution in [1.29, 1.82) is 0 Å². The van der Waals surface area contributed by atoms with Crippen molar-refractivity contribution in [2.45, 2.75) is 23.7 Å². The van der Waals surface area contributed by atoms with E-state index in [1.54, 1.807) is 0 Å². The van der Waals surface area contributed by atoms with E-state index in [0.29, 0.717) is 0 Å². The standard InChI is InChI=1S/C6H11O6P/c7-1-3-4(8)5(9)6(10,13-11)2-12-3/h3-5,7-10H,1-2H2/t3-,4+,5+,6-/m1/s1. The Morgan fingerprint density at radius 1 is 1.54 bits per heavy atom. The van der Waals surface area contributed by atoms with Gasteiger partial charge in [0.05, 0.1) is 13.2 Å². The predicted molar refractivity (Wildman–Crippen MR) is 41.4 cm³/mol. The normalized spacial score (nSPS) is 46.6. The second-order valence-corrected chi connectivity index (χ2v) is 3.89. The van der Waals surface area contributed by atoms with Gasteiger partial charge >= 0.3 is 0 Å². The molecule has 0 aromatic heterocycles. The minimum atomic E-state index is -1.98. The van der Waals surface area contributed by atoms with Gasteiger partial charge in [0.1, 0.15) is 18.3 Å². The molecule has 7 heteroatoms. The average molecular weight is 210 g/mol. The second-order valence-electron chi connectivity index (χ2n) is 2.94. The van der Waals surface area contributed by atoms with Crippen molar-refractivity contribution in [1.82, 2.24) is 0 Å². The Labute approximate surface area is 76.0 Å². The zero-order chi connectivity index (χ0) is 10.1. The Kier molecular flexibility index (Phi) is 3.34. The monoisotopic (exact) mass is 210 g/mol. The topological polar surface area (TPSA) is 107 Å². The number of hydrogen-bond acceptors (Lipinski definition) is 6. The lowest BCUT2D eigenvalue weighted by Crippen LogP contribution is -2.59. The summed E-state index contributed by atoms with van der Waals surface area (Å²) < 4.78 is 15.3. The third-order valence-electron chi connectivity index (χ3n) is 2.03. The van der Waals surface area contributed by atoms with Crippen LogP contribution in [0.1, 0.15) is 0 Å². The van der Waals surface area contributed by atoms with Crippen LogP contribution in [-0.4, -0.2) is 57.3 Å². The molecule has 1 aliphatic rings. The molecule has 4 atom stereocenters. The maximum atomic E-state index is 10.5. The Bertz CT molecular complexity index is 200. The zero-order valence-corrected chi connectivity index (χ0v) is 7.59. The molecule has 0 spiro atoms. The molecule has 6 nitrogen and oxygen atoms in total. The minimum absolute atomic E-state index is 0.387.